The minimum absolute atomic E-state index is 0.0363. The van der Waals surface area contributed by atoms with E-state index in [9.17, 15) is 13.2 Å². The minimum Gasteiger partial charge on any atom is -0.444 e. The molecule has 0 bridgehead atoms. The smallest absolute Gasteiger partial charge is 0.410 e. The van der Waals surface area contributed by atoms with Gasteiger partial charge >= 0.3 is 6.09 Å². The van der Waals surface area contributed by atoms with Crippen molar-refractivity contribution in [2.75, 3.05) is 35.9 Å². The summed E-state index contributed by atoms with van der Waals surface area (Å²) in [6, 6.07) is 15.1. The SMILES string of the molecule is CC(C)(C)OC(=O)N1CCC(C#Cc2nc(NCCc3ccc(NS(C)(=O)=O)cc3)c3ccccc3n2)C1. The van der Waals surface area contributed by atoms with Crippen LogP contribution in [0.5, 0.6) is 0 Å². The molecule has 200 valence electrons. The van der Waals surface area contributed by atoms with Gasteiger partial charge in [-0.2, -0.15) is 0 Å². The molecule has 1 atom stereocenters. The molecule has 4 rings (SSSR count). The maximum atomic E-state index is 12.3. The normalized spacial score (nSPS) is 15.6. The number of fused-ring (bicyclic) bond motifs is 1. The number of likely N-dealkylation sites (tertiary alicyclic amines) is 1. The maximum Gasteiger partial charge on any atom is 0.410 e. The Morgan fingerprint density at radius 3 is 2.58 bits per heavy atom. The van der Waals surface area contributed by atoms with Gasteiger partial charge in [-0.05, 0) is 69.4 Å². The molecule has 0 spiro atoms. The highest BCUT2D eigenvalue weighted by atomic mass is 32.2. The summed E-state index contributed by atoms with van der Waals surface area (Å²) in [5.74, 6) is 7.52. The number of rotatable bonds is 6. The molecule has 9 nitrogen and oxygen atoms in total. The van der Waals surface area contributed by atoms with E-state index in [1.165, 1.54) is 0 Å². The Balaban J connectivity index is 1.42. The average Bonchev–Trinajstić information content (AvgIpc) is 3.31. The molecule has 2 heterocycles. The molecule has 1 aliphatic heterocycles. The monoisotopic (exact) mass is 535 g/mol. The first kappa shape index (κ1) is 27.2. The number of nitrogens with one attached hydrogen (secondary N) is 2. The van der Waals surface area contributed by atoms with Crippen molar-refractivity contribution in [3.63, 3.8) is 0 Å². The molecule has 3 aromatic rings. The number of hydrogen-bond acceptors (Lipinski definition) is 7. The number of ether oxygens (including phenoxy) is 1. The third-order valence-corrected chi connectivity index (χ3v) is 6.40. The fraction of sp³-hybridized carbons (Fsp3) is 0.393. The van der Waals surface area contributed by atoms with E-state index in [-0.39, 0.29) is 12.0 Å². The fourth-order valence-corrected chi connectivity index (χ4v) is 4.65. The van der Waals surface area contributed by atoms with Gasteiger partial charge in [0.2, 0.25) is 15.8 Å². The van der Waals surface area contributed by atoms with Gasteiger partial charge in [0.25, 0.3) is 0 Å². The van der Waals surface area contributed by atoms with Crippen molar-refractivity contribution < 1.29 is 17.9 Å². The van der Waals surface area contributed by atoms with Crippen LogP contribution in [0.1, 0.15) is 38.6 Å². The van der Waals surface area contributed by atoms with Crippen molar-refractivity contribution in [1.29, 1.82) is 0 Å². The average molecular weight is 536 g/mol. The van der Waals surface area contributed by atoms with Crippen LogP contribution in [0.3, 0.4) is 0 Å². The van der Waals surface area contributed by atoms with E-state index < -0.39 is 15.6 Å². The Morgan fingerprint density at radius 1 is 1.13 bits per heavy atom. The Morgan fingerprint density at radius 2 is 1.87 bits per heavy atom. The van der Waals surface area contributed by atoms with Gasteiger partial charge in [-0.1, -0.05) is 30.2 Å². The highest BCUT2D eigenvalue weighted by molar-refractivity contribution is 7.92. The zero-order valence-corrected chi connectivity index (χ0v) is 22.9. The number of carbonyl (C=O) groups excluding carboxylic acids is 1. The van der Waals surface area contributed by atoms with E-state index >= 15 is 0 Å². The van der Waals surface area contributed by atoms with E-state index in [4.69, 9.17) is 4.74 Å². The topological polar surface area (TPSA) is 114 Å². The molecule has 1 saturated heterocycles. The van der Waals surface area contributed by atoms with E-state index in [1.54, 1.807) is 17.0 Å². The maximum absolute atomic E-state index is 12.3. The van der Waals surface area contributed by atoms with Crippen LogP contribution >= 0.6 is 0 Å². The molecule has 1 amide bonds. The highest BCUT2D eigenvalue weighted by Crippen LogP contribution is 2.22. The van der Waals surface area contributed by atoms with Crippen LogP contribution in [0.25, 0.3) is 10.9 Å². The summed E-state index contributed by atoms with van der Waals surface area (Å²) in [6.45, 7) is 7.34. The molecule has 10 heteroatoms. The second kappa shape index (κ2) is 11.3. The predicted octanol–water partition coefficient (Wildman–Crippen LogP) is 4.26. The molecule has 0 radical (unpaired) electrons. The van der Waals surface area contributed by atoms with E-state index in [1.807, 2.05) is 57.2 Å². The van der Waals surface area contributed by atoms with Crippen molar-refractivity contribution in [3.05, 3.63) is 59.9 Å². The van der Waals surface area contributed by atoms with Gasteiger partial charge in [-0.15, -0.1) is 0 Å². The number of anilines is 2. The molecular weight excluding hydrogens is 502 g/mol. The van der Waals surface area contributed by atoms with Crippen molar-refractivity contribution in [2.45, 2.75) is 39.2 Å². The van der Waals surface area contributed by atoms with Crippen LogP contribution in [0, 0.1) is 17.8 Å². The largest absolute Gasteiger partial charge is 0.444 e. The van der Waals surface area contributed by atoms with Gasteiger partial charge in [0, 0.05) is 36.6 Å². The summed E-state index contributed by atoms with van der Waals surface area (Å²) < 4.78 is 30.7. The first-order valence-corrected chi connectivity index (χ1v) is 14.4. The first-order chi connectivity index (χ1) is 17.9. The molecule has 1 aliphatic rings. The molecule has 38 heavy (non-hydrogen) atoms. The molecule has 1 unspecified atom stereocenters. The number of benzene rings is 2. The number of para-hydroxylation sites is 1. The van der Waals surface area contributed by atoms with E-state index in [0.29, 0.717) is 37.0 Å². The third kappa shape index (κ3) is 7.83. The lowest BCUT2D eigenvalue weighted by atomic mass is 10.1. The molecule has 0 saturated carbocycles. The lowest BCUT2D eigenvalue weighted by Crippen LogP contribution is -2.35. The second-order valence-electron chi connectivity index (χ2n) is 10.3. The number of amides is 1. The quantitative estimate of drug-likeness (QED) is 0.453. The van der Waals surface area contributed by atoms with Gasteiger partial charge in [0.1, 0.15) is 11.4 Å². The van der Waals surface area contributed by atoms with Gasteiger partial charge in [0.15, 0.2) is 0 Å². The van der Waals surface area contributed by atoms with Gasteiger partial charge in [-0.25, -0.2) is 23.2 Å². The lowest BCUT2D eigenvalue weighted by molar-refractivity contribution is 0.0291. The van der Waals surface area contributed by atoms with Crippen LogP contribution in [-0.2, 0) is 21.2 Å². The van der Waals surface area contributed by atoms with E-state index in [2.05, 4.69) is 31.8 Å². The number of carbonyl (C=O) groups is 1. The van der Waals surface area contributed by atoms with Crippen LogP contribution < -0.4 is 10.0 Å². The molecule has 1 aromatic heterocycles. The van der Waals surface area contributed by atoms with Gasteiger partial charge < -0.3 is 15.0 Å². The third-order valence-electron chi connectivity index (χ3n) is 5.79. The summed E-state index contributed by atoms with van der Waals surface area (Å²) in [4.78, 5) is 23.3. The van der Waals surface area contributed by atoms with Crippen molar-refractivity contribution >= 4 is 38.5 Å². The van der Waals surface area contributed by atoms with Crippen molar-refractivity contribution in [3.8, 4) is 11.8 Å². The molecular formula is C28H33N5O4S. The Bertz CT molecular complexity index is 1470. The molecule has 2 aromatic carbocycles. The standard InChI is InChI=1S/C28H33N5O4S/c1-28(2,3)37-27(34)33-18-16-21(19-33)11-14-25-30-24-8-6-5-7-23(24)26(31-25)29-17-15-20-9-12-22(13-10-20)32-38(4,35)36/h5-10,12-13,21,32H,15-19H2,1-4H3,(H,29,30,31). The number of hydrogen-bond donors (Lipinski definition) is 2. The fourth-order valence-electron chi connectivity index (χ4n) is 4.08. The first-order valence-electron chi connectivity index (χ1n) is 12.5. The molecule has 1 fully saturated rings. The minimum atomic E-state index is -3.30. The number of nitrogens with zero attached hydrogens (tertiary/aromatic N) is 3. The zero-order chi connectivity index (χ0) is 27.3. The van der Waals surface area contributed by atoms with Crippen LogP contribution in [0.4, 0.5) is 16.3 Å². The summed E-state index contributed by atoms with van der Waals surface area (Å²) >= 11 is 0. The molecule has 2 N–H and O–H groups in total. The summed E-state index contributed by atoms with van der Waals surface area (Å²) in [7, 11) is -3.30. The van der Waals surface area contributed by atoms with E-state index in [0.717, 1.165) is 35.6 Å². The van der Waals surface area contributed by atoms with Crippen molar-refractivity contribution in [1.82, 2.24) is 14.9 Å². The van der Waals surface area contributed by atoms with Gasteiger partial charge in [-0.3, -0.25) is 4.72 Å². The predicted molar refractivity (Wildman–Crippen MR) is 149 cm³/mol. The Labute approximate surface area is 224 Å². The highest BCUT2D eigenvalue weighted by Gasteiger charge is 2.28. The summed E-state index contributed by atoms with van der Waals surface area (Å²) in [5.41, 5.74) is 1.87. The van der Waals surface area contributed by atoms with Crippen LogP contribution in [0.15, 0.2) is 48.5 Å². The van der Waals surface area contributed by atoms with Crippen molar-refractivity contribution in [2.24, 2.45) is 5.92 Å². The zero-order valence-electron chi connectivity index (χ0n) is 22.1. The number of aromatic nitrogens is 2. The molecule has 0 aliphatic carbocycles. The Kier molecular flexibility index (Phi) is 8.07. The second-order valence-corrected chi connectivity index (χ2v) is 12.1. The number of sulfonamides is 1. The Hall–Kier alpha value is -3.84. The van der Waals surface area contributed by atoms with Crippen LogP contribution in [0.2, 0.25) is 0 Å². The summed E-state index contributed by atoms with van der Waals surface area (Å²) in [5, 5.41) is 4.31. The lowest BCUT2D eigenvalue weighted by Gasteiger charge is -2.24. The summed E-state index contributed by atoms with van der Waals surface area (Å²) in [6.07, 6.45) is 2.32. The van der Waals surface area contributed by atoms with Gasteiger partial charge in [0.05, 0.1) is 11.8 Å². The van der Waals surface area contributed by atoms with Crippen LogP contribution in [-0.4, -0.2) is 60.9 Å².